The van der Waals surface area contributed by atoms with Gasteiger partial charge in [0.2, 0.25) is 0 Å². The van der Waals surface area contributed by atoms with Crippen molar-refractivity contribution in [3.8, 4) is 5.75 Å². The van der Waals surface area contributed by atoms with E-state index in [2.05, 4.69) is 5.43 Å². The van der Waals surface area contributed by atoms with Gasteiger partial charge in [-0.15, -0.1) is 0 Å². The van der Waals surface area contributed by atoms with Crippen LogP contribution >= 0.6 is 0 Å². The maximum Gasteiger partial charge on any atom is 0.165 e. The van der Waals surface area contributed by atoms with Gasteiger partial charge in [0, 0.05) is 12.5 Å². The number of hydrogen-bond donors (Lipinski definition) is 2. The monoisotopic (exact) mass is 254 g/mol. The highest BCUT2D eigenvalue weighted by atomic mass is 19.1. The van der Waals surface area contributed by atoms with Gasteiger partial charge in [0.15, 0.2) is 11.6 Å². The van der Waals surface area contributed by atoms with Gasteiger partial charge in [-0.25, -0.2) is 4.39 Å². The maximum atomic E-state index is 13.7. The normalized spacial score (nSPS) is 25.1. The van der Waals surface area contributed by atoms with Gasteiger partial charge >= 0.3 is 0 Å². The van der Waals surface area contributed by atoms with Crippen LogP contribution in [0.25, 0.3) is 0 Å². The third kappa shape index (κ3) is 2.48. The highest BCUT2D eigenvalue weighted by Gasteiger charge is 2.32. The summed E-state index contributed by atoms with van der Waals surface area (Å²) < 4.78 is 24.1. The molecule has 1 aliphatic rings. The molecule has 0 spiro atoms. The van der Waals surface area contributed by atoms with E-state index in [-0.39, 0.29) is 29.6 Å². The third-order valence-corrected chi connectivity index (χ3v) is 3.58. The molecule has 100 valence electrons. The molecule has 1 aromatic carbocycles. The molecule has 3 N–H and O–H groups in total. The molecule has 0 saturated carbocycles. The zero-order valence-corrected chi connectivity index (χ0v) is 10.7. The number of nitrogens with two attached hydrogens (primary N) is 1. The molecule has 5 heteroatoms. The number of ether oxygens (including phenoxy) is 2. The molecular weight excluding hydrogens is 235 g/mol. The van der Waals surface area contributed by atoms with Crippen molar-refractivity contribution < 1.29 is 13.9 Å². The van der Waals surface area contributed by atoms with Gasteiger partial charge in [-0.3, -0.25) is 11.3 Å². The van der Waals surface area contributed by atoms with Gasteiger partial charge in [0.1, 0.15) is 0 Å². The highest BCUT2D eigenvalue weighted by molar-refractivity contribution is 5.31. The maximum absolute atomic E-state index is 13.7. The van der Waals surface area contributed by atoms with E-state index in [9.17, 15) is 4.39 Å². The lowest BCUT2D eigenvalue weighted by atomic mass is 9.88. The molecule has 1 heterocycles. The minimum Gasteiger partial charge on any atom is -0.494 e. The zero-order valence-electron chi connectivity index (χ0n) is 10.7. The second-order valence-corrected chi connectivity index (χ2v) is 4.57. The number of methoxy groups -OCH3 is 1. The Morgan fingerprint density at radius 3 is 2.83 bits per heavy atom. The van der Waals surface area contributed by atoms with Crippen LogP contribution < -0.4 is 16.0 Å². The number of nitrogens with one attached hydrogen (secondary N) is 1. The van der Waals surface area contributed by atoms with Crippen molar-refractivity contribution in [2.75, 3.05) is 13.7 Å². The summed E-state index contributed by atoms with van der Waals surface area (Å²) >= 11 is 0. The Morgan fingerprint density at radius 1 is 1.56 bits per heavy atom. The molecule has 1 aromatic rings. The summed E-state index contributed by atoms with van der Waals surface area (Å²) in [5.74, 6) is 5.73. The van der Waals surface area contributed by atoms with Gasteiger partial charge in [-0.1, -0.05) is 6.07 Å². The van der Waals surface area contributed by atoms with E-state index in [0.29, 0.717) is 0 Å². The number of halogens is 1. The van der Waals surface area contributed by atoms with E-state index in [0.717, 1.165) is 18.6 Å². The first-order valence-corrected chi connectivity index (χ1v) is 6.08. The molecule has 18 heavy (non-hydrogen) atoms. The smallest absolute Gasteiger partial charge is 0.165 e. The first-order chi connectivity index (χ1) is 8.67. The first kappa shape index (κ1) is 13.3. The molecule has 2 rings (SSSR count). The van der Waals surface area contributed by atoms with E-state index in [1.54, 1.807) is 6.07 Å². The van der Waals surface area contributed by atoms with E-state index in [1.165, 1.54) is 13.2 Å². The minimum absolute atomic E-state index is 0.108. The Bertz CT molecular complexity index is 414. The topological polar surface area (TPSA) is 56.5 Å². The largest absolute Gasteiger partial charge is 0.494 e. The summed E-state index contributed by atoms with van der Waals surface area (Å²) in [6.45, 7) is 2.74. The van der Waals surface area contributed by atoms with Crippen LogP contribution in [0.1, 0.15) is 24.9 Å². The molecule has 0 bridgehead atoms. The van der Waals surface area contributed by atoms with Crippen LogP contribution in [0.3, 0.4) is 0 Å². The Balaban J connectivity index is 2.24. The van der Waals surface area contributed by atoms with Gasteiger partial charge in [-0.2, -0.15) is 0 Å². The number of rotatable bonds is 4. The molecule has 1 fully saturated rings. The summed E-state index contributed by atoms with van der Waals surface area (Å²) in [5.41, 5.74) is 3.59. The van der Waals surface area contributed by atoms with Crippen molar-refractivity contribution >= 4 is 0 Å². The van der Waals surface area contributed by atoms with Crippen molar-refractivity contribution in [2.45, 2.75) is 25.5 Å². The molecule has 4 nitrogen and oxygen atoms in total. The SMILES string of the molecule is COc1ccc(C(NN)C2CCOC2C)cc1F. The van der Waals surface area contributed by atoms with Gasteiger partial charge in [0.05, 0.1) is 19.3 Å². The molecular formula is C13H19FN2O2. The standard InChI is InChI=1S/C13H19FN2O2/c1-8-10(5-6-18-8)13(16-15)9-3-4-12(17-2)11(14)7-9/h3-4,7-8,10,13,16H,5-6,15H2,1-2H3. The number of hydrogen-bond acceptors (Lipinski definition) is 4. The van der Waals surface area contributed by atoms with Crippen LogP contribution in [0, 0.1) is 11.7 Å². The molecule has 3 atom stereocenters. The zero-order chi connectivity index (χ0) is 13.1. The lowest BCUT2D eigenvalue weighted by Crippen LogP contribution is -2.36. The van der Waals surface area contributed by atoms with Gasteiger partial charge in [-0.05, 0) is 31.0 Å². The van der Waals surface area contributed by atoms with E-state index in [1.807, 2.05) is 13.0 Å². The second kappa shape index (κ2) is 5.65. The van der Waals surface area contributed by atoms with Crippen LogP contribution in [-0.2, 0) is 4.74 Å². The van der Waals surface area contributed by atoms with E-state index >= 15 is 0 Å². The lowest BCUT2D eigenvalue weighted by Gasteiger charge is -2.25. The predicted molar refractivity (Wildman–Crippen MR) is 66.5 cm³/mol. The fourth-order valence-electron chi connectivity index (χ4n) is 2.53. The van der Waals surface area contributed by atoms with Crippen molar-refractivity contribution in [1.82, 2.24) is 5.43 Å². The fourth-order valence-corrected chi connectivity index (χ4v) is 2.53. The van der Waals surface area contributed by atoms with Gasteiger partial charge in [0.25, 0.3) is 0 Å². The molecule has 0 amide bonds. The van der Waals surface area contributed by atoms with Crippen molar-refractivity contribution in [3.05, 3.63) is 29.6 Å². The Labute approximate surface area is 106 Å². The molecule has 1 aliphatic heterocycles. The fraction of sp³-hybridized carbons (Fsp3) is 0.538. The molecule has 0 aromatic heterocycles. The second-order valence-electron chi connectivity index (χ2n) is 4.57. The summed E-state index contributed by atoms with van der Waals surface area (Å²) in [5, 5.41) is 0. The van der Waals surface area contributed by atoms with Crippen LogP contribution in [-0.4, -0.2) is 19.8 Å². The molecule has 1 saturated heterocycles. The lowest BCUT2D eigenvalue weighted by molar-refractivity contribution is 0.0953. The Hall–Kier alpha value is -1.17. The third-order valence-electron chi connectivity index (χ3n) is 3.58. The molecule has 0 radical (unpaired) electrons. The van der Waals surface area contributed by atoms with E-state index in [4.69, 9.17) is 15.3 Å². The summed E-state index contributed by atoms with van der Waals surface area (Å²) in [7, 11) is 1.45. The minimum atomic E-state index is -0.373. The quantitative estimate of drug-likeness (QED) is 0.635. The summed E-state index contributed by atoms with van der Waals surface area (Å²) in [4.78, 5) is 0. The van der Waals surface area contributed by atoms with Crippen LogP contribution in [0.4, 0.5) is 4.39 Å². The number of benzene rings is 1. The average Bonchev–Trinajstić information content (AvgIpc) is 2.77. The van der Waals surface area contributed by atoms with Crippen LogP contribution in [0.2, 0.25) is 0 Å². The predicted octanol–water partition coefficient (Wildman–Crippen LogP) is 1.76. The van der Waals surface area contributed by atoms with E-state index < -0.39 is 0 Å². The van der Waals surface area contributed by atoms with Crippen molar-refractivity contribution in [2.24, 2.45) is 11.8 Å². The van der Waals surface area contributed by atoms with Crippen molar-refractivity contribution in [3.63, 3.8) is 0 Å². The van der Waals surface area contributed by atoms with Crippen molar-refractivity contribution in [1.29, 1.82) is 0 Å². The van der Waals surface area contributed by atoms with Crippen LogP contribution in [0.15, 0.2) is 18.2 Å². The number of hydrazine groups is 1. The average molecular weight is 254 g/mol. The Morgan fingerprint density at radius 2 is 2.33 bits per heavy atom. The van der Waals surface area contributed by atoms with Gasteiger partial charge < -0.3 is 9.47 Å². The Kier molecular flexibility index (Phi) is 4.16. The molecule has 0 aliphatic carbocycles. The summed E-state index contributed by atoms with van der Waals surface area (Å²) in [6, 6.07) is 4.81. The summed E-state index contributed by atoms with van der Waals surface area (Å²) in [6.07, 6.45) is 1.04. The van der Waals surface area contributed by atoms with Crippen LogP contribution in [0.5, 0.6) is 5.75 Å². The first-order valence-electron chi connectivity index (χ1n) is 6.08. The highest BCUT2D eigenvalue weighted by Crippen LogP contribution is 2.34. The molecule has 3 unspecified atom stereocenters.